The second kappa shape index (κ2) is 3.98. The maximum atomic E-state index is 11.3. The monoisotopic (exact) mass is 213 g/mol. The van der Waals surface area contributed by atoms with Crippen LogP contribution in [0.1, 0.15) is 4.88 Å². The molecule has 1 amide bonds. The molecular weight excluding hydrogens is 202 g/mol. The third kappa shape index (κ3) is 1.73. The lowest BCUT2D eigenvalue weighted by Gasteiger charge is -2.18. The Kier molecular flexibility index (Phi) is 2.69. The van der Waals surface area contributed by atoms with E-state index in [9.17, 15) is 4.79 Å². The van der Waals surface area contributed by atoms with E-state index >= 15 is 0 Å². The van der Waals surface area contributed by atoms with Crippen LogP contribution >= 0.6 is 11.3 Å². The standard InChI is InChI=1S/C9H11NO3S/c11-5-7-6-13-9(12)10(7)4-8-2-1-3-14-8/h1-3,7,11H,4-6H2. The Morgan fingerprint density at radius 3 is 3.21 bits per heavy atom. The number of aliphatic hydroxyl groups excluding tert-OH is 1. The summed E-state index contributed by atoms with van der Waals surface area (Å²) in [6.45, 7) is 0.777. The van der Waals surface area contributed by atoms with Gasteiger partial charge in [-0.15, -0.1) is 11.3 Å². The first-order chi connectivity index (χ1) is 6.81. The lowest BCUT2D eigenvalue weighted by molar-refractivity contribution is 0.151. The van der Waals surface area contributed by atoms with Gasteiger partial charge in [-0.3, -0.25) is 4.90 Å². The quantitative estimate of drug-likeness (QED) is 0.816. The van der Waals surface area contributed by atoms with E-state index in [1.54, 1.807) is 16.2 Å². The maximum absolute atomic E-state index is 11.3. The van der Waals surface area contributed by atoms with Crippen molar-refractivity contribution in [2.45, 2.75) is 12.6 Å². The SMILES string of the molecule is O=C1OCC(CO)N1Cc1cccs1. The number of amides is 1. The van der Waals surface area contributed by atoms with E-state index in [0.717, 1.165) is 4.88 Å². The van der Waals surface area contributed by atoms with E-state index < -0.39 is 0 Å². The van der Waals surface area contributed by atoms with Crippen molar-refractivity contribution >= 4 is 17.4 Å². The zero-order valence-corrected chi connectivity index (χ0v) is 8.37. The number of hydrogen-bond donors (Lipinski definition) is 1. The Labute approximate surface area is 85.7 Å². The van der Waals surface area contributed by atoms with Gasteiger partial charge < -0.3 is 9.84 Å². The van der Waals surface area contributed by atoms with Crippen molar-refractivity contribution in [2.75, 3.05) is 13.2 Å². The number of carbonyl (C=O) groups is 1. The van der Waals surface area contributed by atoms with Crippen molar-refractivity contribution in [3.8, 4) is 0 Å². The van der Waals surface area contributed by atoms with Gasteiger partial charge in [0.05, 0.1) is 19.2 Å². The number of ether oxygens (including phenoxy) is 1. The molecular formula is C9H11NO3S. The summed E-state index contributed by atoms with van der Waals surface area (Å²) in [6.07, 6.45) is -0.336. The van der Waals surface area contributed by atoms with Gasteiger partial charge in [0, 0.05) is 4.88 Å². The molecule has 0 saturated carbocycles. The molecule has 1 aliphatic heterocycles. The third-order valence-electron chi connectivity index (χ3n) is 2.19. The van der Waals surface area contributed by atoms with Gasteiger partial charge in [-0.2, -0.15) is 0 Å². The summed E-state index contributed by atoms with van der Waals surface area (Å²) < 4.78 is 4.85. The lowest BCUT2D eigenvalue weighted by Crippen LogP contribution is -2.35. The van der Waals surface area contributed by atoms with Crippen LogP contribution in [0.4, 0.5) is 4.79 Å². The highest BCUT2D eigenvalue weighted by molar-refractivity contribution is 7.09. The molecule has 4 nitrogen and oxygen atoms in total. The van der Waals surface area contributed by atoms with Gasteiger partial charge in [0.15, 0.2) is 0 Å². The molecule has 1 aromatic heterocycles. The molecule has 0 aliphatic carbocycles. The number of thiophene rings is 1. The predicted octanol–water partition coefficient (Wildman–Crippen LogP) is 1.06. The summed E-state index contributed by atoms with van der Waals surface area (Å²) in [4.78, 5) is 13.9. The Balaban J connectivity index is 2.05. The van der Waals surface area contributed by atoms with Crippen LogP contribution in [0.15, 0.2) is 17.5 Å². The van der Waals surface area contributed by atoms with Crippen LogP contribution in [0.3, 0.4) is 0 Å². The first-order valence-electron chi connectivity index (χ1n) is 4.38. The minimum absolute atomic E-state index is 0.0445. The van der Waals surface area contributed by atoms with Crippen molar-refractivity contribution in [1.29, 1.82) is 0 Å². The van der Waals surface area contributed by atoms with Crippen LogP contribution in [0, 0.1) is 0 Å². The smallest absolute Gasteiger partial charge is 0.410 e. The van der Waals surface area contributed by atoms with Crippen LogP contribution in [0.25, 0.3) is 0 Å². The molecule has 5 heteroatoms. The zero-order valence-electron chi connectivity index (χ0n) is 7.55. The molecule has 1 saturated heterocycles. The van der Waals surface area contributed by atoms with E-state index in [1.807, 2.05) is 17.5 Å². The molecule has 14 heavy (non-hydrogen) atoms. The third-order valence-corrected chi connectivity index (χ3v) is 3.05. The molecule has 1 unspecified atom stereocenters. The molecule has 0 radical (unpaired) electrons. The fourth-order valence-corrected chi connectivity index (χ4v) is 2.11. The van der Waals surface area contributed by atoms with Crippen LogP contribution in [0.5, 0.6) is 0 Å². The van der Waals surface area contributed by atoms with Crippen LogP contribution in [0.2, 0.25) is 0 Å². The Bertz CT molecular complexity index is 312. The van der Waals surface area contributed by atoms with E-state index in [1.165, 1.54) is 0 Å². The van der Waals surface area contributed by atoms with E-state index in [-0.39, 0.29) is 18.7 Å². The van der Waals surface area contributed by atoms with Gasteiger partial charge in [-0.05, 0) is 11.4 Å². The Morgan fingerprint density at radius 1 is 1.71 bits per heavy atom. The Hall–Kier alpha value is -1.07. The van der Waals surface area contributed by atoms with Crippen molar-refractivity contribution in [1.82, 2.24) is 4.90 Å². The number of hydrogen-bond acceptors (Lipinski definition) is 4. The van der Waals surface area contributed by atoms with Gasteiger partial charge in [0.1, 0.15) is 6.61 Å². The van der Waals surface area contributed by atoms with Crippen LogP contribution in [-0.2, 0) is 11.3 Å². The average molecular weight is 213 g/mol. The van der Waals surface area contributed by atoms with Crippen molar-refractivity contribution in [3.05, 3.63) is 22.4 Å². The normalized spacial score (nSPS) is 21.4. The summed E-state index contributed by atoms with van der Waals surface area (Å²) in [7, 11) is 0. The van der Waals surface area contributed by atoms with Gasteiger partial charge >= 0.3 is 6.09 Å². The molecule has 0 bridgehead atoms. The largest absolute Gasteiger partial charge is 0.447 e. The minimum Gasteiger partial charge on any atom is -0.447 e. The fraction of sp³-hybridized carbons (Fsp3) is 0.444. The van der Waals surface area contributed by atoms with E-state index in [4.69, 9.17) is 9.84 Å². The molecule has 0 spiro atoms. The summed E-state index contributed by atoms with van der Waals surface area (Å²) in [5, 5.41) is 11.0. The zero-order chi connectivity index (χ0) is 9.97. The molecule has 1 fully saturated rings. The highest BCUT2D eigenvalue weighted by Crippen LogP contribution is 2.18. The van der Waals surface area contributed by atoms with Gasteiger partial charge in [-0.1, -0.05) is 6.07 Å². The number of nitrogens with zero attached hydrogens (tertiary/aromatic N) is 1. The highest BCUT2D eigenvalue weighted by Gasteiger charge is 2.32. The number of carbonyl (C=O) groups excluding carboxylic acids is 1. The predicted molar refractivity (Wildman–Crippen MR) is 52.1 cm³/mol. The fourth-order valence-electron chi connectivity index (χ4n) is 1.40. The highest BCUT2D eigenvalue weighted by atomic mass is 32.1. The summed E-state index contributed by atoms with van der Waals surface area (Å²) in [6, 6.07) is 3.71. The van der Waals surface area contributed by atoms with Crippen LogP contribution < -0.4 is 0 Å². The van der Waals surface area contributed by atoms with Gasteiger partial charge in [0.2, 0.25) is 0 Å². The van der Waals surface area contributed by atoms with E-state index in [0.29, 0.717) is 13.2 Å². The number of aliphatic hydroxyl groups is 1. The molecule has 2 rings (SSSR count). The summed E-state index contributed by atoms with van der Waals surface area (Å²) in [5.41, 5.74) is 0. The summed E-state index contributed by atoms with van der Waals surface area (Å²) in [5.74, 6) is 0. The minimum atomic E-state index is -0.336. The maximum Gasteiger partial charge on any atom is 0.410 e. The molecule has 1 aliphatic rings. The van der Waals surface area contributed by atoms with Gasteiger partial charge in [0.25, 0.3) is 0 Å². The van der Waals surface area contributed by atoms with Gasteiger partial charge in [-0.25, -0.2) is 4.79 Å². The van der Waals surface area contributed by atoms with Crippen molar-refractivity contribution < 1.29 is 14.6 Å². The molecule has 1 aromatic rings. The molecule has 0 aromatic carbocycles. The Morgan fingerprint density at radius 2 is 2.57 bits per heavy atom. The van der Waals surface area contributed by atoms with Crippen LogP contribution in [-0.4, -0.2) is 35.4 Å². The lowest BCUT2D eigenvalue weighted by atomic mass is 10.3. The van der Waals surface area contributed by atoms with Crippen molar-refractivity contribution in [3.63, 3.8) is 0 Å². The number of rotatable bonds is 3. The summed E-state index contributed by atoms with van der Waals surface area (Å²) >= 11 is 1.59. The average Bonchev–Trinajstić information content (AvgIpc) is 2.79. The van der Waals surface area contributed by atoms with E-state index in [2.05, 4.69) is 0 Å². The molecule has 1 atom stereocenters. The topological polar surface area (TPSA) is 49.8 Å². The molecule has 76 valence electrons. The first kappa shape index (κ1) is 9.48. The van der Waals surface area contributed by atoms with Crippen molar-refractivity contribution in [2.24, 2.45) is 0 Å². The molecule has 1 N–H and O–H groups in total. The molecule has 2 heterocycles. The number of cyclic esters (lactones) is 1. The first-order valence-corrected chi connectivity index (χ1v) is 5.26. The second-order valence-corrected chi connectivity index (χ2v) is 4.15. The second-order valence-electron chi connectivity index (χ2n) is 3.12.